The summed E-state index contributed by atoms with van der Waals surface area (Å²) < 4.78 is 6.26. The first-order chi connectivity index (χ1) is 18.9. The van der Waals surface area contributed by atoms with Crippen molar-refractivity contribution >= 4 is 43.1 Å². The maximum absolute atomic E-state index is 12.4. The van der Waals surface area contributed by atoms with Gasteiger partial charge in [0.05, 0.1) is 23.8 Å². The van der Waals surface area contributed by atoms with Gasteiger partial charge in [0.1, 0.15) is 11.6 Å². The van der Waals surface area contributed by atoms with Crippen LogP contribution < -0.4 is 21.3 Å². The molecule has 4 heterocycles. The number of nitrogen functional groups attached to an aromatic ring is 2. The minimum atomic E-state index is -1.71. The Kier molecular flexibility index (Phi) is 11.1. The molecule has 4 N–H and O–H groups in total. The number of nitrogens with two attached hydrogens (primary N) is 2. The lowest BCUT2D eigenvalue weighted by Crippen LogP contribution is -2.43. The lowest BCUT2D eigenvalue weighted by Gasteiger charge is -2.36. The van der Waals surface area contributed by atoms with Crippen molar-refractivity contribution in [2.24, 2.45) is 0 Å². The maximum atomic E-state index is 12.4. The second kappa shape index (κ2) is 14.0. The molecular formula is C29H47N7O3Si. The quantitative estimate of drug-likeness (QED) is 0.493. The van der Waals surface area contributed by atoms with Gasteiger partial charge in [0.2, 0.25) is 11.8 Å². The summed E-state index contributed by atoms with van der Waals surface area (Å²) in [6.07, 6.45) is 7.69. The lowest BCUT2D eigenvalue weighted by molar-refractivity contribution is -0.119. The molecule has 40 heavy (non-hydrogen) atoms. The van der Waals surface area contributed by atoms with Crippen LogP contribution in [0, 0.1) is 0 Å². The van der Waals surface area contributed by atoms with Gasteiger partial charge < -0.3 is 25.7 Å². The van der Waals surface area contributed by atoms with E-state index in [-0.39, 0.29) is 16.9 Å². The molecule has 2 saturated heterocycles. The Morgan fingerprint density at radius 2 is 1.38 bits per heavy atom. The molecule has 0 spiro atoms. The number of pyridine rings is 2. The first-order valence-electron chi connectivity index (χ1n) is 14.3. The Bertz CT molecular complexity index is 1100. The molecule has 0 aromatic carbocycles. The minimum absolute atomic E-state index is 0.138. The molecule has 0 unspecified atom stereocenters. The van der Waals surface area contributed by atoms with Crippen LogP contribution >= 0.6 is 0 Å². The van der Waals surface area contributed by atoms with Crippen LogP contribution in [-0.2, 0) is 14.0 Å². The van der Waals surface area contributed by atoms with E-state index in [2.05, 4.69) is 48.7 Å². The number of aromatic nitrogens is 2. The lowest BCUT2D eigenvalue weighted by atomic mass is 10.2. The second-order valence-corrected chi connectivity index (χ2v) is 16.8. The Morgan fingerprint density at radius 3 is 1.93 bits per heavy atom. The Balaban J connectivity index is 0.000000249. The SMILES string of the molecule is CC(C)(C)[Si](C)(C)OCCN1CCC(=O)N(c2ccc(N)nc2)CC1.Nc1ccc(N2CCCCCC2=O)cn1. The molecule has 2 fully saturated rings. The van der Waals surface area contributed by atoms with Crippen molar-refractivity contribution in [1.29, 1.82) is 0 Å². The third kappa shape index (κ3) is 9.00. The molecule has 2 aliphatic heterocycles. The molecule has 0 radical (unpaired) electrons. The van der Waals surface area contributed by atoms with E-state index in [4.69, 9.17) is 15.9 Å². The predicted molar refractivity (Wildman–Crippen MR) is 165 cm³/mol. The molecule has 2 aliphatic rings. The van der Waals surface area contributed by atoms with Crippen LogP contribution in [0.4, 0.5) is 23.0 Å². The van der Waals surface area contributed by atoms with Gasteiger partial charge in [-0.3, -0.25) is 14.5 Å². The van der Waals surface area contributed by atoms with Gasteiger partial charge in [0.15, 0.2) is 8.32 Å². The fraction of sp³-hybridized carbons (Fsp3) is 0.586. The van der Waals surface area contributed by atoms with E-state index in [9.17, 15) is 9.59 Å². The highest BCUT2D eigenvalue weighted by Gasteiger charge is 2.37. The van der Waals surface area contributed by atoms with E-state index >= 15 is 0 Å². The molecule has 2 aromatic rings. The van der Waals surface area contributed by atoms with Crippen molar-refractivity contribution in [1.82, 2.24) is 14.9 Å². The van der Waals surface area contributed by atoms with E-state index in [1.54, 1.807) is 34.3 Å². The van der Waals surface area contributed by atoms with Gasteiger partial charge in [0, 0.05) is 52.2 Å². The van der Waals surface area contributed by atoms with E-state index in [0.29, 0.717) is 31.0 Å². The molecule has 4 rings (SSSR count). The molecule has 220 valence electrons. The van der Waals surface area contributed by atoms with Crippen molar-refractivity contribution < 1.29 is 14.0 Å². The van der Waals surface area contributed by atoms with Crippen LogP contribution in [0.15, 0.2) is 36.7 Å². The largest absolute Gasteiger partial charge is 0.416 e. The van der Waals surface area contributed by atoms with Gasteiger partial charge in [-0.1, -0.05) is 27.2 Å². The standard InChI is InChI=1S/C18H32N4O2Si.C11H15N3O/c1-18(2,3)25(4,5)24-13-12-21-9-8-17(23)22(11-10-21)15-6-7-16(19)20-14-15;12-10-6-5-9(8-13-10)14-7-3-1-2-4-11(14)15/h6-7,14H,8-13H2,1-5H3,(H2,19,20);5-6,8H,1-4,7H2,(H2,12,13). The summed E-state index contributed by atoms with van der Waals surface area (Å²) in [5, 5.41) is 0.223. The van der Waals surface area contributed by atoms with Crippen LogP contribution in [-0.4, -0.2) is 74.3 Å². The topological polar surface area (TPSA) is 131 Å². The van der Waals surface area contributed by atoms with E-state index < -0.39 is 8.32 Å². The van der Waals surface area contributed by atoms with Crippen molar-refractivity contribution in [2.75, 3.05) is 60.6 Å². The summed E-state index contributed by atoms with van der Waals surface area (Å²) in [7, 11) is -1.71. The number of carbonyl (C=O) groups is 2. The Hall–Kier alpha value is -3.02. The number of nitrogens with zero attached hydrogens (tertiary/aromatic N) is 5. The van der Waals surface area contributed by atoms with Gasteiger partial charge in [-0.15, -0.1) is 0 Å². The van der Waals surface area contributed by atoms with Crippen LogP contribution in [0.1, 0.15) is 52.9 Å². The fourth-order valence-electron chi connectivity index (χ4n) is 4.38. The highest BCUT2D eigenvalue weighted by atomic mass is 28.4. The molecule has 11 heteroatoms. The summed E-state index contributed by atoms with van der Waals surface area (Å²) in [5.74, 6) is 1.29. The summed E-state index contributed by atoms with van der Waals surface area (Å²) in [4.78, 5) is 38.2. The smallest absolute Gasteiger partial charge is 0.228 e. The number of hydrogen-bond acceptors (Lipinski definition) is 8. The molecule has 0 atom stereocenters. The van der Waals surface area contributed by atoms with Gasteiger partial charge in [0.25, 0.3) is 0 Å². The fourth-order valence-corrected chi connectivity index (χ4v) is 5.41. The number of hydrogen-bond donors (Lipinski definition) is 2. The maximum Gasteiger partial charge on any atom is 0.228 e. The molecule has 0 saturated carbocycles. The highest BCUT2D eigenvalue weighted by Crippen LogP contribution is 2.36. The molecular weight excluding hydrogens is 522 g/mol. The number of rotatable bonds is 6. The molecule has 2 amide bonds. The zero-order valence-electron chi connectivity index (χ0n) is 24.9. The second-order valence-electron chi connectivity index (χ2n) is 12.0. The molecule has 0 bridgehead atoms. The third-order valence-corrected chi connectivity index (χ3v) is 12.5. The molecule has 10 nitrogen and oxygen atoms in total. The van der Waals surface area contributed by atoms with Crippen LogP contribution in [0.2, 0.25) is 18.1 Å². The third-order valence-electron chi connectivity index (χ3n) is 8.00. The number of anilines is 4. The van der Waals surface area contributed by atoms with Crippen LogP contribution in [0.25, 0.3) is 0 Å². The molecule has 2 aromatic heterocycles. The average Bonchev–Trinajstić information content (AvgIpc) is 3.22. The summed E-state index contributed by atoms with van der Waals surface area (Å²) in [5.41, 5.74) is 12.8. The average molecular weight is 570 g/mol. The van der Waals surface area contributed by atoms with E-state index in [1.165, 1.54) is 0 Å². The van der Waals surface area contributed by atoms with Gasteiger partial charge in [-0.05, 0) is 55.2 Å². The number of amides is 2. The van der Waals surface area contributed by atoms with Gasteiger partial charge in [-0.25, -0.2) is 9.97 Å². The van der Waals surface area contributed by atoms with Crippen molar-refractivity contribution in [3.05, 3.63) is 36.7 Å². The summed E-state index contributed by atoms with van der Waals surface area (Å²) >= 11 is 0. The normalized spacial score (nSPS) is 17.6. The summed E-state index contributed by atoms with van der Waals surface area (Å²) in [6, 6.07) is 7.17. The van der Waals surface area contributed by atoms with Crippen molar-refractivity contribution in [3.8, 4) is 0 Å². The van der Waals surface area contributed by atoms with Crippen molar-refractivity contribution in [2.45, 2.75) is 71.0 Å². The zero-order valence-corrected chi connectivity index (χ0v) is 25.9. The van der Waals surface area contributed by atoms with E-state index in [1.807, 2.05) is 12.1 Å². The van der Waals surface area contributed by atoms with E-state index in [0.717, 1.165) is 63.4 Å². The first-order valence-corrected chi connectivity index (χ1v) is 17.2. The first kappa shape index (κ1) is 31.5. The minimum Gasteiger partial charge on any atom is -0.416 e. The molecule has 0 aliphatic carbocycles. The number of carbonyl (C=O) groups excluding carboxylic acids is 2. The summed E-state index contributed by atoms with van der Waals surface area (Å²) in [6.45, 7) is 16.0. The zero-order chi connectivity index (χ0) is 29.3. The van der Waals surface area contributed by atoms with Gasteiger partial charge >= 0.3 is 0 Å². The van der Waals surface area contributed by atoms with Crippen LogP contribution in [0.5, 0.6) is 0 Å². The Labute approximate surface area is 240 Å². The van der Waals surface area contributed by atoms with Gasteiger partial charge in [-0.2, -0.15) is 0 Å². The predicted octanol–water partition coefficient (Wildman–Crippen LogP) is 4.30. The van der Waals surface area contributed by atoms with Crippen molar-refractivity contribution in [3.63, 3.8) is 0 Å². The monoisotopic (exact) mass is 569 g/mol. The van der Waals surface area contributed by atoms with Crippen LogP contribution in [0.3, 0.4) is 0 Å². The Morgan fingerprint density at radius 1 is 0.800 bits per heavy atom. The highest BCUT2D eigenvalue weighted by molar-refractivity contribution is 6.74.